The molecule has 2 aliphatic rings. The fraction of sp³-hybridized carbons (Fsp3) is 0.929. The molecule has 0 bridgehead atoms. The third kappa shape index (κ3) is 2.75. The second-order valence-corrected chi connectivity index (χ2v) is 5.90. The molecule has 17 heavy (non-hydrogen) atoms. The van der Waals surface area contributed by atoms with Gasteiger partial charge in [0.15, 0.2) is 5.96 Å². The van der Waals surface area contributed by atoms with E-state index in [-0.39, 0.29) is 0 Å². The summed E-state index contributed by atoms with van der Waals surface area (Å²) >= 11 is 0. The van der Waals surface area contributed by atoms with Crippen molar-refractivity contribution in [2.75, 3.05) is 33.7 Å². The van der Waals surface area contributed by atoms with E-state index in [1.165, 1.54) is 57.6 Å². The molecule has 0 unspecified atom stereocenters. The number of likely N-dealkylation sites (tertiary alicyclic amines) is 1. The van der Waals surface area contributed by atoms with E-state index in [1.54, 1.807) is 0 Å². The van der Waals surface area contributed by atoms with Crippen molar-refractivity contribution in [2.45, 2.75) is 45.4 Å². The first-order valence-electron chi connectivity index (χ1n) is 7.14. The van der Waals surface area contributed by atoms with Crippen molar-refractivity contribution in [3.63, 3.8) is 0 Å². The summed E-state index contributed by atoms with van der Waals surface area (Å²) in [7, 11) is 4.22. The van der Waals surface area contributed by atoms with Crippen LogP contribution in [0.25, 0.3) is 0 Å². The lowest BCUT2D eigenvalue weighted by Gasteiger charge is -2.34. The Hall–Kier alpha value is -0.730. The van der Waals surface area contributed by atoms with Gasteiger partial charge in [-0.25, -0.2) is 0 Å². The molecule has 3 nitrogen and oxygen atoms in total. The number of aliphatic imine (C=N–C) groups is 1. The van der Waals surface area contributed by atoms with Crippen LogP contribution in [0.2, 0.25) is 0 Å². The predicted octanol–water partition coefficient (Wildman–Crippen LogP) is 2.58. The first-order chi connectivity index (χ1) is 8.17. The molecule has 0 radical (unpaired) electrons. The zero-order valence-electron chi connectivity index (χ0n) is 11.7. The maximum absolute atomic E-state index is 4.65. The lowest BCUT2D eigenvalue weighted by Crippen LogP contribution is -2.41. The smallest absolute Gasteiger partial charge is 0.196 e. The van der Waals surface area contributed by atoms with Crippen molar-refractivity contribution in [3.05, 3.63) is 0 Å². The highest BCUT2D eigenvalue weighted by Crippen LogP contribution is 2.43. The van der Waals surface area contributed by atoms with Crippen LogP contribution in [0.15, 0.2) is 4.99 Å². The Balaban J connectivity index is 2.02. The van der Waals surface area contributed by atoms with Crippen LogP contribution in [0.3, 0.4) is 0 Å². The first-order valence-corrected chi connectivity index (χ1v) is 7.14. The maximum atomic E-state index is 4.65. The standard InChI is InChI=1S/C14H27N3/c1-4-15-13(16(2)3)17-11-10-14(12-17)8-6-5-7-9-14/h4-12H2,1-3H3. The van der Waals surface area contributed by atoms with Crippen LogP contribution in [0.1, 0.15) is 45.4 Å². The average molecular weight is 237 g/mol. The minimum absolute atomic E-state index is 0.628. The largest absolute Gasteiger partial charge is 0.349 e. The minimum atomic E-state index is 0.628. The molecule has 1 spiro atoms. The Morgan fingerprint density at radius 2 is 1.88 bits per heavy atom. The van der Waals surface area contributed by atoms with Crippen molar-refractivity contribution < 1.29 is 0 Å². The molecule has 1 heterocycles. The molecule has 0 N–H and O–H groups in total. The Labute approximate surface area is 106 Å². The van der Waals surface area contributed by atoms with Gasteiger partial charge in [0.2, 0.25) is 0 Å². The van der Waals surface area contributed by atoms with E-state index in [9.17, 15) is 0 Å². The number of nitrogens with zero attached hydrogens (tertiary/aromatic N) is 3. The Morgan fingerprint density at radius 1 is 1.18 bits per heavy atom. The number of hydrogen-bond donors (Lipinski definition) is 0. The molecule has 0 aromatic carbocycles. The van der Waals surface area contributed by atoms with Gasteiger partial charge in [0, 0.05) is 33.7 Å². The van der Waals surface area contributed by atoms with Gasteiger partial charge in [-0.3, -0.25) is 4.99 Å². The molecule has 0 aromatic heterocycles. The van der Waals surface area contributed by atoms with Crippen LogP contribution in [0, 0.1) is 5.41 Å². The zero-order valence-corrected chi connectivity index (χ0v) is 11.7. The summed E-state index contributed by atoms with van der Waals surface area (Å²) in [4.78, 5) is 9.33. The van der Waals surface area contributed by atoms with Crippen LogP contribution in [0.5, 0.6) is 0 Å². The highest BCUT2D eigenvalue weighted by molar-refractivity contribution is 5.80. The summed E-state index contributed by atoms with van der Waals surface area (Å²) in [6.45, 7) is 5.45. The van der Waals surface area contributed by atoms with Gasteiger partial charge in [0.05, 0.1) is 0 Å². The summed E-state index contributed by atoms with van der Waals surface area (Å²) in [5, 5.41) is 0. The van der Waals surface area contributed by atoms with Crippen LogP contribution in [-0.4, -0.2) is 49.5 Å². The number of rotatable bonds is 1. The van der Waals surface area contributed by atoms with Crippen molar-refractivity contribution >= 4 is 5.96 Å². The summed E-state index contributed by atoms with van der Waals surface area (Å²) in [6.07, 6.45) is 8.59. The second kappa shape index (κ2) is 5.28. The first kappa shape index (κ1) is 12.7. The fourth-order valence-electron chi connectivity index (χ4n) is 3.48. The highest BCUT2D eigenvalue weighted by atomic mass is 15.4. The van der Waals surface area contributed by atoms with E-state index in [0.717, 1.165) is 6.54 Å². The molecule has 3 heteroatoms. The van der Waals surface area contributed by atoms with Crippen LogP contribution >= 0.6 is 0 Å². The molecule has 1 aliphatic heterocycles. The number of guanidine groups is 1. The average Bonchev–Trinajstić information content (AvgIpc) is 2.70. The van der Waals surface area contributed by atoms with E-state index >= 15 is 0 Å². The van der Waals surface area contributed by atoms with E-state index in [4.69, 9.17) is 0 Å². The molecule has 1 saturated heterocycles. The fourth-order valence-corrected chi connectivity index (χ4v) is 3.48. The van der Waals surface area contributed by atoms with Gasteiger partial charge in [-0.2, -0.15) is 0 Å². The van der Waals surface area contributed by atoms with Crippen molar-refractivity contribution in [3.8, 4) is 0 Å². The summed E-state index contributed by atoms with van der Waals surface area (Å²) < 4.78 is 0. The molecule has 98 valence electrons. The van der Waals surface area contributed by atoms with Gasteiger partial charge in [-0.15, -0.1) is 0 Å². The summed E-state index contributed by atoms with van der Waals surface area (Å²) in [5.74, 6) is 1.19. The van der Waals surface area contributed by atoms with Crippen LogP contribution < -0.4 is 0 Å². The molecule has 0 aromatic rings. The molecule has 2 fully saturated rings. The second-order valence-electron chi connectivity index (χ2n) is 5.90. The molecular weight excluding hydrogens is 210 g/mol. The Bertz CT molecular complexity index is 277. The minimum Gasteiger partial charge on any atom is -0.349 e. The van der Waals surface area contributed by atoms with Crippen LogP contribution in [-0.2, 0) is 0 Å². The lowest BCUT2D eigenvalue weighted by molar-refractivity contribution is 0.201. The molecule has 0 atom stereocenters. The monoisotopic (exact) mass is 237 g/mol. The summed E-state index contributed by atoms with van der Waals surface area (Å²) in [6, 6.07) is 0. The summed E-state index contributed by atoms with van der Waals surface area (Å²) in [5.41, 5.74) is 0.628. The van der Waals surface area contributed by atoms with Gasteiger partial charge in [-0.1, -0.05) is 19.3 Å². The lowest BCUT2D eigenvalue weighted by atomic mass is 9.73. The third-order valence-corrected chi connectivity index (χ3v) is 4.33. The number of hydrogen-bond acceptors (Lipinski definition) is 1. The van der Waals surface area contributed by atoms with Gasteiger partial charge in [0.25, 0.3) is 0 Å². The van der Waals surface area contributed by atoms with Gasteiger partial charge >= 0.3 is 0 Å². The van der Waals surface area contributed by atoms with Gasteiger partial charge < -0.3 is 9.80 Å². The van der Waals surface area contributed by atoms with Crippen molar-refractivity contribution in [1.29, 1.82) is 0 Å². The van der Waals surface area contributed by atoms with Crippen molar-refractivity contribution in [1.82, 2.24) is 9.80 Å². The molecule has 2 rings (SSSR count). The SMILES string of the molecule is CCN=C(N(C)C)N1CCC2(CCCCC2)C1. The van der Waals surface area contributed by atoms with E-state index in [2.05, 4.69) is 35.8 Å². The van der Waals surface area contributed by atoms with Crippen molar-refractivity contribution in [2.24, 2.45) is 10.4 Å². The highest BCUT2D eigenvalue weighted by Gasteiger charge is 2.40. The predicted molar refractivity (Wildman–Crippen MR) is 73.4 cm³/mol. The Kier molecular flexibility index (Phi) is 3.95. The van der Waals surface area contributed by atoms with E-state index < -0.39 is 0 Å². The molecular formula is C14H27N3. The maximum Gasteiger partial charge on any atom is 0.196 e. The van der Waals surface area contributed by atoms with E-state index in [0.29, 0.717) is 5.41 Å². The third-order valence-electron chi connectivity index (χ3n) is 4.33. The molecule has 1 aliphatic carbocycles. The Morgan fingerprint density at radius 3 is 2.47 bits per heavy atom. The zero-order chi connectivity index (χ0) is 12.3. The normalized spacial score (nSPS) is 24.4. The molecule has 1 saturated carbocycles. The quantitative estimate of drug-likeness (QED) is 0.515. The molecule has 0 amide bonds. The van der Waals surface area contributed by atoms with E-state index in [1.807, 2.05) is 0 Å². The topological polar surface area (TPSA) is 18.8 Å². The van der Waals surface area contributed by atoms with Gasteiger partial charge in [-0.05, 0) is 31.6 Å². The van der Waals surface area contributed by atoms with Crippen LogP contribution in [0.4, 0.5) is 0 Å². The van der Waals surface area contributed by atoms with Gasteiger partial charge in [0.1, 0.15) is 0 Å².